The van der Waals surface area contributed by atoms with Gasteiger partial charge in [0.15, 0.2) is 17.3 Å². The molecule has 4 aromatic rings. The molecule has 1 aliphatic rings. The molecule has 0 aliphatic carbocycles. The lowest BCUT2D eigenvalue weighted by Gasteiger charge is -2.33. The summed E-state index contributed by atoms with van der Waals surface area (Å²) in [6, 6.07) is 19.6. The third-order valence-electron chi connectivity index (χ3n) is 7.27. The van der Waals surface area contributed by atoms with Crippen molar-refractivity contribution in [3.05, 3.63) is 84.8 Å². The second-order valence-electron chi connectivity index (χ2n) is 11.1. The van der Waals surface area contributed by atoms with Gasteiger partial charge < -0.3 is 24.8 Å². The van der Waals surface area contributed by atoms with Gasteiger partial charge in [0.2, 0.25) is 0 Å². The van der Waals surface area contributed by atoms with Crippen LogP contribution in [-0.4, -0.2) is 51.8 Å². The van der Waals surface area contributed by atoms with Crippen molar-refractivity contribution in [3.8, 4) is 22.6 Å². The van der Waals surface area contributed by atoms with Crippen LogP contribution in [0.1, 0.15) is 39.2 Å². The minimum absolute atomic E-state index is 0.00829. The number of nitrogens with one attached hydrogen (secondary N) is 1. The van der Waals surface area contributed by atoms with Crippen LogP contribution >= 0.6 is 0 Å². The van der Waals surface area contributed by atoms with Gasteiger partial charge in [0.1, 0.15) is 17.7 Å². The molecular formula is C33H37N5O4. The van der Waals surface area contributed by atoms with E-state index in [9.17, 15) is 9.90 Å². The van der Waals surface area contributed by atoms with E-state index in [0.717, 1.165) is 53.4 Å². The second kappa shape index (κ2) is 12.9. The largest absolute Gasteiger partial charge is 0.490 e. The zero-order valence-corrected chi connectivity index (χ0v) is 24.3. The number of nitrogens with zero attached hydrogens (tertiary/aromatic N) is 4. The Labute approximate surface area is 246 Å². The summed E-state index contributed by atoms with van der Waals surface area (Å²) in [4.78, 5) is 27.6. The molecular weight excluding hydrogens is 530 g/mol. The number of rotatable bonds is 11. The van der Waals surface area contributed by atoms with Gasteiger partial charge in [-0.2, -0.15) is 0 Å². The summed E-state index contributed by atoms with van der Waals surface area (Å²) in [5.41, 5.74) is 2.08. The summed E-state index contributed by atoms with van der Waals surface area (Å²) in [7, 11) is 0. The first-order valence-corrected chi connectivity index (χ1v) is 14.3. The minimum Gasteiger partial charge on any atom is -0.490 e. The highest BCUT2D eigenvalue weighted by molar-refractivity contribution is 5.74. The Hall–Kier alpha value is -4.66. The van der Waals surface area contributed by atoms with Gasteiger partial charge in [-0.25, -0.2) is 9.97 Å². The smallest absolute Gasteiger partial charge is 0.309 e. The molecule has 5 rings (SSSR count). The average Bonchev–Trinajstić information content (AvgIpc) is 2.99. The number of hydrogen-bond acceptors (Lipinski definition) is 8. The number of piperidine rings is 1. The highest BCUT2D eigenvalue weighted by Crippen LogP contribution is 2.31. The molecule has 1 atom stereocenters. The monoisotopic (exact) mass is 567 g/mol. The van der Waals surface area contributed by atoms with E-state index in [4.69, 9.17) is 14.5 Å². The van der Waals surface area contributed by atoms with Gasteiger partial charge in [0.05, 0.1) is 31.0 Å². The molecule has 0 amide bonds. The summed E-state index contributed by atoms with van der Waals surface area (Å²) < 4.78 is 12.1. The molecule has 1 fully saturated rings. The molecule has 1 unspecified atom stereocenters. The van der Waals surface area contributed by atoms with Crippen LogP contribution in [0.4, 0.5) is 17.5 Å². The number of carboxylic acids is 1. The molecule has 0 saturated carbocycles. The highest BCUT2D eigenvalue weighted by Gasteiger charge is 2.27. The molecule has 1 aliphatic heterocycles. The van der Waals surface area contributed by atoms with Crippen LogP contribution < -0.4 is 19.7 Å². The fourth-order valence-corrected chi connectivity index (χ4v) is 5.07. The van der Waals surface area contributed by atoms with Crippen molar-refractivity contribution in [1.82, 2.24) is 15.0 Å². The van der Waals surface area contributed by atoms with E-state index in [1.165, 1.54) is 0 Å². The molecule has 3 heterocycles. The Morgan fingerprint density at radius 1 is 1.05 bits per heavy atom. The van der Waals surface area contributed by atoms with Gasteiger partial charge >= 0.3 is 5.97 Å². The SMILES string of the molecule is CCOc1ccccc1OC1CCCN(c2cncc(Nc3cc(-c4cccc(CC(C)(C)C(=O)O)c4)ccn3)n2)C1. The number of hydrogen-bond donors (Lipinski definition) is 2. The number of para-hydroxylation sites is 2. The number of pyridine rings is 1. The Morgan fingerprint density at radius 2 is 1.86 bits per heavy atom. The van der Waals surface area contributed by atoms with Crippen LogP contribution in [0.25, 0.3) is 11.1 Å². The molecule has 9 heteroatoms. The van der Waals surface area contributed by atoms with Crippen molar-refractivity contribution >= 4 is 23.4 Å². The van der Waals surface area contributed by atoms with Crippen LogP contribution in [0.15, 0.2) is 79.3 Å². The summed E-state index contributed by atoms with van der Waals surface area (Å²) in [5.74, 6) is 2.72. The lowest BCUT2D eigenvalue weighted by molar-refractivity contribution is -0.146. The zero-order chi connectivity index (χ0) is 29.5. The fourth-order valence-electron chi connectivity index (χ4n) is 5.07. The second-order valence-corrected chi connectivity index (χ2v) is 11.1. The van der Waals surface area contributed by atoms with Gasteiger partial charge in [-0.3, -0.25) is 9.78 Å². The third-order valence-corrected chi connectivity index (χ3v) is 7.27. The van der Waals surface area contributed by atoms with E-state index >= 15 is 0 Å². The summed E-state index contributed by atoms with van der Waals surface area (Å²) >= 11 is 0. The van der Waals surface area contributed by atoms with Crippen LogP contribution in [0, 0.1) is 5.41 Å². The number of aromatic nitrogens is 3. The van der Waals surface area contributed by atoms with E-state index in [-0.39, 0.29) is 6.10 Å². The van der Waals surface area contributed by atoms with Crippen molar-refractivity contribution in [3.63, 3.8) is 0 Å². The number of carboxylic acid groups (broad SMARTS) is 1. The molecule has 1 saturated heterocycles. The van der Waals surface area contributed by atoms with E-state index in [1.54, 1.807) is 32.4 Å². The topological polar surface area (TPSA) is 110 Å². The van der Waals surface area contributed by atoms with Crippen molar-refractivity contribution in [2.24, 2.45) is 5.41 Å². The van der Waals surface area contributed by atoms with Crippen LogP contribution in [0.5, 0.6) is 11.5 Å². The number of ether oxygens (including phenoxy) is 2. The number of benzene rings is 2. The van der Waals surface area contributed by atoms with Gasteiger partial charge in [-0.15, -0.1) is 0 Å². The lowest BCUT2D eigenvalue weighted by atomic mass is 9.85. The maximum atomic E-state index is 11.6. The summed E-state index contributed by atoms with van der Waals surface area (Å²) in [5, 5.41) is 12.8. The molecule has 2 aromatic carbocycles. The van der Waals surface area contributed by atoms with E-state index in [0.29, 0.717) is 31.2 Å². The number of anilines is 3. The molecule has 2 aromatic heterocycles. The van der Waals surface area contributed by atoms with Crippen molar-refractivity contribution in [2.75, 3.05) is 29.9 Å². The lowest BCUT2D eigenvalue weighted by Crippen LogP contribution is -2.41. The van der Waals surface area contributed by atoms with Crippen LogP contribution in [0.3, 0.4) is 0 Å². The van der Waals surface area contributed by atoms with Crippen molar-refractivity contribution in [1.29, 1.82) is 0 Å². The Morgan fingerprint density at radius 3 is 2.67 bits per heavy atom. The van der Waals surface area contributed by atoms with Gasteiger partial charge in [0.25, 0.3) is 0 Å². The third kappa shape index (κ3) is 7.15. The predicted octanol–water partition coefficient (Wildman–Crippen LogP) is 6.38. The standard InChI is InChI=1S/C33H37N5O4/c1-4-41-27-12-5-6-13-28(27)42-26-11-8-16-38(22-26)31-21-34-20-30(37-31)36-29-18-25(14-15-35-29)24-10-7-9-23(17-24)19-33(2,3)32(39)40/h5-7,9-10,12-15,17-18,20-21,26H,4,8,11,16,19,22H2,1-3H3,(H,39,40)(H,35,36,37). The Kier molecular flexibility index (Phi) is 8.85. The van der Waals surface area contributed by atoms with E-state index in [2.05, 4.69) is 20.2 Å². The van der Waals surface area contributed by atoms with E-state index in [1.807, 2.05) is 67.6 Å². The van der Waals surface area contributed by atoms with Crippen molar-refractivity contribution < 1.29 is 19.4 Å². The Balaban J connectivity index is 1.27. The maximum Gasteiger partial charge on any atom is 0.309 e. The summed E-state index contributed by atoms with van der Waals surface area (Å²) in [6.45, 7) is 7.60. The first-order chi connectivity index (χ1) is 20.3. The first-order valence-electron chi connectivity index (χ1n) is 14.3. The molecule has 9 nitrogen and oxygen atoms in total. The first kappa shape index (κ1) is 28.9. The molecule has 0 spiro atoms. The minimum atomic E-state index is -0.846. The van der Waals surface area contributed by atoms with Gasteiger partial charge in [-0.05, 0) is 81.0 Å². The van der Waals surface area contributed by atoms with Gasteiger partial charge in [-0.1, -0.05) is 36.4 Å². The average molecular weight is 568 g/mol. The molecule has 218 valence electrons. The normalized spacial score (nSPS) is 15.2. The highest BCUT2D eigenvalue weighted by atomic mass is 16.5. The molecule has 2 N–H and O–H groups in total. The zero-order valence-electron chi connectivity index (χ0n) is 24.3. The summed E-state index contributed by atoms with van der Waals surface area (Å²) in [6.07, 6.45) is 7.58. The van der Waals surface area contributed by atoms with Crippen LogP contribution in [0.2, 0.25) is 0 Å². The molecule has 0 radical (unpaired) electrons. The fraction of sp³-hybridized carbons (Fsp3) is 0.333. The predicted molar refractivity (Wildman–Crippen MR) is 164 cm³/mol. The van der Waals surface area contributed by atoms with Crippen LogP contribution in [-0.2, 0) is 11.2 Å². The Bertz CT molecular complexity index is 1530. The van der Waals surface area contributed by atoms with E-state index < -0.39 is 11.4 Å². The quantitative estimate of drug-likeness (QED) is 0.213. The molecule has 42 heavy (non-hydrogen) atoms. The number of carbonyl (C=O) groups is 1. The van der Waals surface area contributed by atoms with Crippen molar-refractivity contribution in [2.45, 2.75) is 46.1 Å². The van der Waals surface area contributed by atoms with Gasteiger partial charge in [0, 0.05) is 12.7 Å². The number of aliphatic carboxylic acids is 1. The molecule has 0 bridgehead atoms. The maximum absolute atomic E-state index is 11.6.